The molecule has 0 rings (SSSR count). The van der Waals surface area contributed by atoms with Crippen LogP contribution in [0.3, 0.4) is 0 Å². The second kappa shape index (κ2) is 4.41. The Morgan fingerprint density at radius 2 is 2.29 bits per heavy atom. The highest BCUT2D eigenvalue weighted by Crippen LogP contribution is 2.03. The monoisotopic (exact) mass is 122 g/mol. The fourth-order valence-corrected chi connectivity index (χ4v) is 0.563. The van der Waals surface area contributed by atoms with Gasteiger partial charge < -0.3 is 4.74 Å². The largest absolute Gasteiger partial charge is 0.366 e. The first-order valence-electron chi connectivity index (χ1n) is 2.48. The van der Waals surface area contributed by atoms with E-state index in [1.807, 2.05) is 0 Å². The number of halogens is 1. The summed E-state index contributed by atoms with van der Waals surface area (Å²) in [4.78, 5) is 0. The first-order chi connectivity index (χ1) is 3.31. The van der Waals surface area contributed by atoms with E-state index in [1.165, 1.54) is 0 Å². The average molecular weight is 123 g/mol. The van der Waals surface area contributed by atoms with E-state index in [4.69, 9.17) is 16.3 Å². The van der Waals surface area contributed by atoms with Crippen molar-refractivity contribution >= 4 is 11.6 Å². The normalized spacial score (nSPS) is 14.1. The fourth-order valence-electron chi connectivity index (χ4n) is 0.345. The molecule has 0 fully saturated rings. The second-order valence-corrected chi connectivity index (χ2v) is 1.92. The fraction of sp³-hybridized carbons (Fsp3) is 1.00. The van der Waals surface area contributed by atoms with Crippen LogP contribution in [-0.2, 0) is 4.74 Å². The number of ether oxygens (including phenoxy) is 1. The summed E-state index contributed by atoms with van der Waals surface area (Å²) < 4.78 is 4.76. The smallest absolute Gasteiger partial charge is 0.130 e. The molecule has 0 aliphatic rings. The molecule has 1 atom stereocenters. The van der Waals surface area contributed by atoms with E-state index in [1.54, 1.807) is 7.11 Å². The molecular formula is C5H11ClO. The van der Waals surface area contributed by atoms with Crippen molar-refractivity contribution in [2.45, 2.75) is 25.3 Å². The Bertz CT molecular complexity index is 39.1. The molecule has 0 saturated carbocycles. The number of hydrogen-bond donors (Lipinski definition) is 0. The highest BCUT2D eigenvalue weighted by molar-refractivity contribution is 6.19. The zero-order chi connectivity index (χ0) is 5.70. The summed E-state index contributed by atoms with van der Waals surface area (Å²) in [6.07, 6.45) is 2.03. The van der Waals surface area contributed by atoms with E-state index in [2.05, 4.69) is 6.92 Å². The maximum atomic E-state index is 5.54. The van der Waals surface area contributed by atoms with Crippen LogP contribution in [0.15, 0.2) is 0 Å². The lowest BCUT2D eigenvalue weighted by Crippen LogP contribution is -1.98. The molecule has 44 valence electrons. The van der Waals surface area contributed by atoms with E-state index in [9.17, 15) is 0 Å². The summed E-state index contributed by atoms with van der Waals surface area (Å²) >= 11 is 5.54. The van der Waals surface area contributed by atoms with Crippen LogP contribution in [0.4, 0.5) is 0 Å². The van der Waals surface area contributed by atoms with Gasteiger partial charge in [-0.15, -0.1) is 0 Å². The van der Waals surface area contributed by atoms with E-state index >= 15 is 0 Å². The third-order valence-electron chi connectivity index (χ3n) is 0.771. The molecule has 7 heavy (non-hydrogen) atoms. The Labute approximate surface area is 49.6 Å². The van der Waals surface area contributed by atoms with Crippen LogP contribution in [0.25, 0.3) is 0 Å². The molecule has 0 radical (unpaired) electrons. The summed E-state index contributed by atoms with van der Waals surface area (Å²) in [5.74, 6) is 0. The van der Waals surface area contributed by atoms with E-state index in [-0.39, 0.29) is 5.56 Å². The van der Waals surface area contributed by atoms with Gasteiger partial charge in [-0.3, -0.25) is 0 Å². The van der Waals surface area contributed by atoms with Gasteiger partial charge in [0.15, 0.2) is 0 Å². The van der Waals surface area contributed by atoms with Gasteiger partial charge in [0.25, 0.3) is 0 Å². The van der Waals surface area contributed by atoms with Crippen LogP contribution in [0.2, 0.25) is 0 Å². The molecule has 0 aliphatic heterocycles. The topological polar surface area (TPSA) is 9.23 Å². The van der Waals surface area contributed by atoms with Crippen LogP contribution in [-0.4, -0.2) is 12.7 Å². The molecule has 0 aromatic heterocycles. The van der Waals surface area contributed by atoms with Crippen LogP contribution in [0.5, 0.6) is 0 Å². The first-order valence-corrected chi connectivity index (χ1v) is 2.91. The van der Waals surface area contributed by atoms with Crippen LogP contribution >= 0.6 is 11.6 Å². The Kier molecular flexibility index (Phi) is 4.57. The molecule has 0 heterocycles. The third-order valence-corrected chi connectivity index (χ3v) is 1.17. The maximum absolute atomic E-state index is 5.54. The summed E-state index contributed by atoms with van der Waals surface area (Å²) in [6, 6.07) is 0. The standard InChI is InChI=1S/C5H11ClO/c1-3-4-5(6)7-2/h5H,3-4H2,1-2H3. The summed E-state index contributed by atoms with van der Waals surface area (Å²) in [5.41, 5.74) is -0.0787. The lowest BCUT2D eigenvalue weighted by molar-refractivity contribution is 0.159. The molecule has 0 N–H and O–H groups in total. The van der Waals surface area contributed by atoms with Crippen LogP contribution < -0.4 is 0 Å². The molecule has 0 aromatic carbocycles. The minimum atomic E-state index is -0.0787. The molecule has 0 aromatic rings. The molecule has 0 bridgehead atoms. The van der Waals surface area contributed by atoms with Gasteiger partial charge in [0.2, 0.25) is 0 Å². The van der Waals surface area contributed by atoms with Crippen molar-refractivity contribution in [1.82, 2.24) is 0 Å². The zero-order valence-electron chi connectivity index (χ0n) is 4.78. The minimum absolute atomic E-state index is 0.0787. The van der Waals surface area contributed by atoms with Crippen molar-refractivity contribution in [3.05, 3.63) is 0 Å². The molecular weight excluding hydrogens is 112 g/mol. The molecule has 0 saturated heterocycles. The van der Waals surface area contributed by atoms with Gasteiger partial charge >= 0.3 is 0 Å². The summed E-state index contributed by atoms with van der Waals surface area (Å²) in [6.45, 7) is 2.08. The quantitative estimate of drug-likeness (QED) is 0.521. The van der Waals surface area contributed by atoms with E-state index < -0.39 is 0 Å². The van der Waals surface area contributed by atoms with Gasteiger partial charge in [0.1, 0.15) is 5.56 Å². The molecule has 1 unspecified atom stereocenters. The molecule has 0 spiro atoms. The predicted octanol–water partition coefficient (Wildman–Crippen LogP) is 2.00. The highest BCUT2D eigenvalue weighted by atomic mass is 35.5. The molecule has 0 amide bonds. The van der Waals surface area contributed by atoms with Crippen LogP contribution in [0.1, 0.15) is 19.8 Å². The van der Waals surface area contributed by atoms with Crippen molar-refractivity contribution in [3.63, 3.8) is 0 Å². The van der Waals surface area contributed by atoms with Gasteiger partial charge in [-0.2, -0.15) is 0 Å². The van der Waals surface area contributed by atoms with Gasteiger partial charge in [-0.1, -0.05) is 24.9 Å². The predicted molar refractivity (Wildman–Crippen MR) is 31.6 cm³/mol. The average Bonchev–Trinajstić information content (AvgIpc) is 1.68. The number of alkyl halides is 1. The van der Waals surface area contributed by atoms with Crippen LogP contribution in [0, 0.1) is 0 Å². The molecule has 2 heteroatoms. The lowest BCUT2D eigenvalue weighted by atomic mass is 10.4. The Hall–Kier alpha value is 0.250. The number of rotatable bonds is 3. The number of hydrogen-bond acceptors (Lipinski definition) is 1. The summed E-state index contributed by atoms with van der Waals surface area (Å²) in [5, 5.41) is 0. The SMILES string of the molecule is CCCC(Cl)OC. The Morgan fingerprint density at radius 3 is 2.43 bits per heavy atom. The van der Waals surface area contributed by atoms with Crippen molar-refractivity contribution in [1.29, 1.82) is 0 Å². The van der Waals surface area contributed by atoms with E-state index in [0.29, 0.717) is 0 Å². The Morgan fingerprint density at radius 1 is 1.71 bits per heavy atom. The van der Waals surface area contributed by atoms with Crippen molar-refractivity contribution < 1.29 is 4.74 Å². The molecule has 0 aliphatic carbocycles. The highest BCUT2D eigenvalue weighted by Gasteiger charge is 1.95. The maximum Gasteiger partial charge on any atom is 0.130 e. The van der Waals surface area contributed by atoms with Gasteiger partial charge in [0, 0.05) is 7.11 Å². The van der Waals surface area contributed by atoms with Crippen molar-refractivity contribution in [2.75, 3.05) is 7.11 Å². The molecule has 1 nitrogen and oxygen atoms in total. The van der Waals surface area contributed by atoms with Gasteiger partial charge in [-0.25, -0.2) is 0 Å². The minimum Gasteiger partial charge on any atom is -0.366 e. The van der Waals surface area contributed by atoms with Gasteiger partial charge in [0.05, 0.1) is 0 Å². The number of methoxy groups -OCH3 is 1. The lowest BCUT2D eigenvalue weighted by Gasteiger charge is -2.01. The third kappa shape index (κ3) is 4.10. The van der Waals surface area contributed by atoms with E-state index in [0.717, 1.165) is 12.8 Å². The van der Waals surface area contributed by atoms with Gasteiger partial charge in [-0.05, 0) is 6.42 Å². The van der Waals surface area contributed by atoms with Crippen molar-refractivity contribution in [3.8, 4) is 0 Å². The second-order valence-electron chi connectivity index (χ2n) is 1.43. The summed E-state index contributed by atoms with van der Waals surface area (Å²) in [7, 11) is 1.62. The Balaban J connectivity index is 2.83. The first kappa shape index (κ1) is 7.25. The van der Waals surface area contributed by atoms with Crippen molar-refractivity contribution in [2.24, 2.45) is 0 Å². The zero-order valence-corrected chi connectivity index (χ0v) is 5.53.